The molecule has 110 valence electrons. The van der Waals surface area contributed by atoms with Crippen LogP contribution in [0.4, 0.5) is 5.69 Å². The number of carbonyl (C=O) groups is 1. The molecule has 0 fully saturated rings. The van der Waals surface area contributed by atoms with Crippen molar-refractivity contribution in [1.29, 1.82) is 0 Å². The lowest BCUT2D eigenvalue weighted by molar-refractivity contribution is -0.384. The van der Waals surface area contributed by atoms with Gasteiger partial charge in [-0.15, -0.1) is 0 Å². The zero-order chi connectivity index (χ0) is 15.0. The Morgan fingerprint density at radius 2 is 1.85 bits per heavy atom. The van der Waals surface area contributed by atoms with E-state index >= 15 is 0 Å². The molecule has 0 aliphatic rings. The van der Waals surface area contributed by atoms with Gasteiger partial charge in [0.25, 0.3) is 5.69 Å². The van der Waals surface area contributed by atoms with E-state index in [4.69, 9.17) is 5.11 Å². The van der Waals surface area contributed by atoms with Gasteiger partial charge in [0.2, 0.25) is 0 Å². The topological polar surface area (TPSA) is 101 Å². The standard InChI is InChI=1S/C13H18NO5P/c15-13(16)4-2-1-3-9-20(19)10-11-5-7-12(8-6-11)14(17)18/h5-8,19H,1-4,9-10H2,(H,15,16). The van der Waals surface area contributed by atoms with E-state index in [-0.39, 0.29) is 12.1 Å². The molecule has 6 nitrogen and oxygen atoms in total. The molecule has 2 N–H and O–H groups in total. The molecule has 0 aliphatic heterocycles. The van der Waals surface area contributed by atoms with Crippen LogP contribution in [0.3, 0.4) is 0 Å². The third kappa shape index (κ3) is 6.59. The predicted molar refractivity (Wildman–Crippen MR) is 76.9 cm³/mol. The van der Waals surface area contributed by atoms with Gasteiger partial charge < -0.3 is 10.00 Å². The van der Waals surface area contributed by atoms with E-state index in [0.717, 1.165) is 18.4 Å². The monoisotopic (exact) mass is 299 g/mol. The van der Waals surface area contributed by atoms with Crippen molar-refractivity contribution in [2.45, 2.75) is 31.8 Å². The Balaban J connectivity index is 2.26. The van der Waals surface area contributed by atoms with Crippen LogP contribution < -0.4 is 0 Å². The number of unbranched alkanes of at least 4 members (excludes halogenated alkanes) is 2. The molecular formula is C13H18NO5P. The summed E-state index contributed by atoms with van der Waals surface area (Å²) in [6, 6.07) is 6.19. The highest BCUT2D eigenvalue weighted by atomic mass is 31.1. The van der Waals surface area contributed by atoms with Gasteiger partial charge in [-0.2, -0.15) is 0 Å². The molecular weight excluding hydrogens is 281 g/mol. The van der Waals surface area contributed by atoms with Crippen LogP contribution in [-0.4, -0.2) is 27.1 Å². The van der Waals surface area contributed by atoms with E-state index in [0.29, 0.717) is 18.7 Å². The summed E-state index contributed by atoms with van der Waals surface area (Å²) in [6.07, 6.45) is 3.61. The highest BCUT2D eigenvalue weighted by molar-refractivity contribution is 7.50. The number of carboxylic acids is 1. The fourth-order valence-electron chi connectivity index (χ4n) is 1.76. The van der Waals surface area contributed by atoms with Crippen LogP contribution in [0.1, 0.15) is 31.2 Å². The highest BCUT2D eigenvalue weighted by Crippen LogP contribution is 2.36. The number of non-ortho nitro benzene ring substituents is 1. The van der Waals surface area contributed by atoms with E-state index in [1.807, 2.05) is 0 Å². The highest BCUT2D eigenvalue weighted by Gasteiger charge is 2.08. The lowest BCUT2D eigenvalue weighted by Gasteiger charge is -2.10. The van der Waals surface area contributed by atoms with Gasteiger partial charge in [0, 0.05) is 32.9 Å². The number of aliphatic carboxylic acids is 1. The first-order valence-corrected chi connectivity index (χ1v) is 8.04. The number of nitro benzene ring substituents is 1. The van der Waals surface area contributed by atoms with Crippen molar-refractivity contribution in [2.24, 2.45) is 0 Å². The normalized spacial score (nSPS) is 12.1. The molecule has 1 unspecified atom stereocenters. The summed E-state index contributed by atoms with van der Waals surface area (Å²) < 4.78 is 0. The Morgan fingerprint density at radius 1 is 1.20 bits per heavy atom. The molecule has 1 aromatic rings. The molecule has 0 aromatic heterocycles. The third-order valence-corrected chi connectivity index (χ3v) is 4.38. The second kappa shape index (κ2) is 8.61. The number of benzene rings is 1. The van der Waals surface area contributed by atoms with E-state index in [1.165, 1.54) is 12.1 Å². The number of hydrogen-bond acceptors (Lipinski definition) is 4. The maximum absolute atomic E-state index is 10.5. The SMILES string of the molecule is O=C(O)CCCCCP(O)Cc1ccc([N+](=O)[O-])cc1. The van der Waals surface area contributed by atoms with E-state index in [2.05, 4.69) is 0 Å². The molecule has 0 saturated heterocycles. The summed E-state index contributed by atoms with van der Waals surface area (Å²) in [5, 5.41) is 19.0. The molecule has 1 rings (SSSR count). The fraction of sp³-hybridized carbons (Fsp3) is 0.462. The van der Waals surface area contributed by atoms with Crippen LogP contribution in [0.2, 0.25) is 0 Å². The van der Waals surface area contributed by atoms with Gasteiger partial charge in [-0.1, -0.05) is 18.6 Å². The van der Waals surface area contributed by atoms with Gasteiger partial charge in [-0.05, 0) is 24.6 Å². The summed E-state index contributed by atoms with van der Waals surface area (Å²) in [6.45, 7) is 0. The lowest BCUT2D eigenvalue weighted by atomic mass is 10.2. The number of rotatable bonds is 9. The quantitative estimate of drug-likeness (QED) is 0.316. The summed E-state index contributed by atoms with van der Waals surface area (Å²) in [4.78, 5) is 30.3. The van der Waals surface area contributed by atoms with Crippen molar-refractivity contribution in [3.8, 4) is 0 Å². The molecule has 0 radical (unpaired) electrons. The van der Waals surface area contributed by atoms with E-state index in [9.17, 15) is 19.8 Å². The summed E-state index contributed by atoms with van der Waals surface area (Å²) >= 11 is 0. The van der Waals surface area contributed by atoms with Crippen LogP contribution in [0.15, 0.2) is 24.3 Å². The van der Waals surface area contributed by atoms with E-state index < -0.39 is 19.0 Å². The number of hydrogen-bond donors (Lipinski definition) is 2. The first-order valence-electron chi connectivity index (χ1n) is 6.38. The van der Waals surface area contributed by atoms with Crippen LogP contribution in [-0.2, 0) is 11.0 Å². The van der Waals surface area contributed by atoms with Crippen LogP contribution in [0.25, 0.3) is 0 Å². The number of nitro groups is 1. The summed E-state index contributed by atoms with van der Waals surface area (Å²) in [7, 11) is -1.13. The molecule has 7 heteroatoms. The first-order chi connectivity index (χ1) is 9.49. The Kier molecular flexibility index (Phi) is 7.12. The third-order valence-electron chi connectivity index (χ3n) is 2.82. The molecule has 0 aliphatic carbocycles. The summed E-state index contributed by atoms with van der Waals surface area (Å²) in [5.74, 6) is -0.790. The minimum Gasteiger partial charge on any atom is -0.481 e. The average molecular weight is 299 g/mol. The van der Waals surface area contributed by atoms with Crippen molar-refractivity contribution < 1.29 is 19.7 Å². The van der Waals surface area contributed by atoms with Gasteiger partial charge >= 0.3 is 5.97 Å². The Labute approximate surface area is 118 Å². The van der Waals surface area contributed by atoms with Crippen molar-refractivity contribution >= 4 is 19.8 Å². The van der Waals surface area contributed by atoms with Gasteiger partial charge in [-0.25, -0.2) is 0 Å². The fourth-order valence-corrected chi connectivity index (χ4v) is 3.14. The van der Waals surface area contributed by atoms with E-state index in [1.54, 1.807) is 12.1 Å². The lowest BCUT2D eigenvalue weighted by Crippen LogP contribution is -1.95. The van der Waals surface area contributed by atoms with Crippen molar-refractivity contribution in [3.63, 3.8) is 0 Å². The second-order valence-electron chi connectivity index (χ2n) is 4.52. The molecule has 0 amide bonds. The van der Waals surface area contributed by atoms with Crippen LogP contribution in [0.5, 0.6) is 0 Å². The predicted octanol–water partition coefficient (Wildman–Crippen LogP) is 3.13. The molecule has 0 bridgehead atoms. The number of nitrogens with zero attached hydrogens (tertiary/aromatic N) is 1. The second-order valence-corrected chi connectivity index (χ2v) is 6.29. The minimum atomic E-state index is -1.13. The Bertz CT molecular complexity index is 449. The molecule has 20 heavy (non-hydrogen) atoms. The van der Waals surface area contributed by atoms with Crippen molar-refractivity contribution in [2.75, 3.05) is 6.16 Å². The number of carboxylic acid groups (broad SMARTS) is 1. The van der Waals surface area contributed by atoms with Gasteiger partial charge in [-0.3, -0.25) is 14.9 Å². The maximum atomic E-state index is 10.5. The van der Waals surface area contributed by atoms with Crippen LogP contribution >= 0.6 is 8.15 Å². The maximum Gasteiger partial charge on any atom is 0.303 e. The molecule has 0 heterocycles. The molecule has 1 aromatic carbocycles. The van der Waals surface area contributed by atoms with Gasteiger partial charge in [0.05, 0.1) is 4.92 Å². The average Bonchev–Trinajstić information content (AvgIpc) is 2.38. The Hall–Kier alpha value is -1.52. The van der Waals surface area contributed by atoms with Gasteiger partial charge in [0.1, 0.15) is 0 Å². The first kappa shape index (κ1) is 16.5. The van der Waals surface area contributed by atoms with Crippen molar-refractivity contribution in [3.05, 3.63) is 39.9 Å². The molecule has 1 atom stereocenters. The minimum absolute atomic E-state index is 0.0460. The Morgan fingerprint density at radius 3 is 2.40 bits per heavy atom. The smallest absolute Gasteiger partial charge is 0.303 e. The van der Waals surface area contributed by atoms with Gasteiger partial charge in [0.15, 0.2) is 0 Å². The van der Waals surface area contributed by atoms with Crippen LogP contribution in [0, 0.1) is 10.1 Å². The summed E-state index contributed by atoms with van der Waals surface area (Å²) in [5.41, 5.74) is 0.930. The zero-order valence-electron chi connectivity index (χ0n) is 11.1. The molecule has 0 saturated carbocycles. The zero-order valence-corrected chi connectivity index (χ0v) is 12.0. The largest absolute Gasteiger partial charge is 0.481 e. The molecule has 0 spiro atoms. The van der Waals surface area contributed by atoms with Crippen molar-refractivity contribution in [1.82, 2.24) is 0 Å².